The summed E-state index contributed by atoms with van der Waals surface area (Å²) in [5.41, 5.74) is 0. The van der Waals surface area contributed by atoms with E-state index in [9.17, 15) is 24.0 Å². The summed E-state index contributed by atoms with van der Waals surface area (Å²) in [6.45, 7) is 5.69. The molecule has 0 N–H and O–H groups in total. The minimum absolute atomic E-state index is 0.0397. The smallest absolute Gasteiger partial charge is 0.303 e. The molecule has 0 aromatic rings. The molecule has 1 aliphatic rings. The maximum absolute atomic E-state index is 11.7. The van der Waals surface area contributed by atoms with Crippen LogP contribution in [-0.4, -0.2) is 78.7 Å². The van der Waals surface area contributed by atoms with Crippen LogP contribution in [0.1, 0.15) is 34.6 Å². The molecule has 0 saturated carbocycles. The first-order chi connectivity index (χ1) is 14.0. The predicted molar refractivity (Wildman–Crippen MR) is 101 cm³/mol. The number of hydrogen-bond acceptors (Lipinski definition) is 12. The van der Waals surface area contributed by atoms with Gasteiger partial charge in [-0.2, -0.15) is 0 Å². The van der Waals surface area contributed by atoms with Gasteiger partial charge in [0.05, 0.1) is 6.61 Å². The van der Waals surface area contributed by atoms with Gasteiger partial charge in [0, 0.05) is 40.4 Å². The third kappa shape index (κ3) is 9.09. The highest BCUT2D eigenvalue weighted by Gasteiger charge is 2.52. The second kappa shape index (κ2) is 12.5. The molecular formula is C18H26O11S. The molecule has 12 heteroatoms. The summed E-state index contributed by atoms with van der Waals surface area (Å²) in [5, 5.41) is -0.111. The van der Waals surface area contributed by atoms with E-state index in [2.05, 4.69) is 0 Å². The number of esters is 4. The van der Waals surface area contributed by atoms with Crippen molar-refractivity contribution >= 4 is 40.8 Å². The van der Waals surface area contributed by atoms with Crippen molar-refractivity contribution in [2.24, 2.45) is 0 Å². The molecule has 0 aliphatic carbocycles. The fourth-order valence-corrected chi connectivity index (χ4v) is 3.14. The summed E-state index contributed by atoms with van der Waals surface area (Å²) in [7, 11) is 0. The molecule has 0 aromatic carbocycles. The van der Waals surface area contributed by atoms with E-state index in [1.807, 2.05) is 0 Å². The molecular weight excluding hydrogens is 424 g/mol. The molecule has 1 aliphatic heterocycles. The lowest BCUT2D eigenvalue weighted by Crippen LogP contribution is -2.63. The molecule has 1 rings (SSSR count). The normalized spacial score (nSPS) is 25.7. The molecule has 0 radical (unpaired) electrons. The molecule has 5 atom stereocenters. The Hall–Kier alpha value is -2.18. The van der Waals surface area contributed by atoms with Gasteiger partial charge >= 0.3 is 23.9 Å². The lowest BCUT2D eigenvalue weighted by Gasteiger charge is -2.44. The van der Waals surface area contributed by atoms with Crippen LogP contribution >= 0.6 is 11.8 Å². The van der Waals surface area contributed by atoms with E-state index < -0.39 is 54.6 Å². The number of rotatable bonds is 9. The Labute approximate surface area is 178 Å². The van der Waals surface area contributed by atoms with E-state index in [0.29, 0.717) is 5.75 Å². The van der Waals surface area contributed by atoms with Crippen LogP contribution in [0.5, 0.6) is 0 Å². The monoisotopic (exact) mass is 450 g/mol. The van der Waals surface area contributed by atoms with Crippen LogP contribution in [-0.2, 0) is 52.4 Å². The van der Waals surface area contributed by atoms with Gasteiger partial charge in [-0.3, -0.25) is 24.0 Å². The zero-order valence-electron chi connectivity index (χ0n) is 17.4. The first-order valence-electron chi connectivity index (χ1n) is 9.06. The quantitative estimate of drug-likeness (QED) is 0.272. The van der Waals surface area contributed by atoms with Gasteiger partial charge in [0.25, 0.3) is 0 Å². The Bertz CT molecular complexity index is 650. The lowest BCUT2D eigenvalue weighted by atomic mass is 9.98. The Morgan fingerprint density at radius 3 is 1.80 bits per heavy atom. The van der Waals surface area contributed by atoms with Gasteiger partial charge in [-0.05, 0) is 0 Å². The second-order valence-electron chi connectivity index (χ2n) is 6.28. The SMILES string of the molecule is CC(=O)OC[C@H]1O[C@H](OCCSC(C)=O)[C@@H](OC(C)=O)[C@@H](OC(C)=O)[C@@H]1OC(C)=O. The summed E-state index contributed by atoms with van der Waals surface area (Å²) >= 11 is 1.02. The van der Waals surface area contributed by atoms with Crippen molar-refractivity contribution in [2.45, 2.75) is 65.3 Å². The number of thioether (sulfide) groups is 1. The highest BCUT2D eigenvalue weighted by Crippen LogP contribution is 2.30. The van der Waals surface area contributed by atoms with Crippen LogP contribution in [0.4, 0.5) is 0 Å². The molecule has 1 fully saturated rings. The summed E-state index contributed by atoms with van der Waals surface area (Å²) < 4.78 is 32.1. The highest BCUT2D eigenvalue weighted by atomic mass is 32.2. The van der Waals surface area contributed by atoms with Gasteiger partial charge in [0.2, 0.25) is 0 Å². The largest absolute Gasteiger partial charge is 0.463 e. The van der Waals surface area contributed by atoms with Gasteiger partial charge in [-0.1, -0.05) is 11.8 Å². The van der Waals surface area contributed by atoms with Crippen LogP contribution in [0.3, 0.4) is 0 Å². The summed E-state index contributed by atoms with van der Waals surface area (Å²) in [6.07, 6.45) is -6.10. The number of carbonyl (C=O) groups excluding carboxylic acids is 5. The molecule has 0 spiro atoms. The van der Waals surface area contributed by atoms with Crippen molar-refractivity contribution in [3.05, 3.63) is 0 Å². The molecule has 0 bridgehead atoms. The van der Waals surface area contributed by atoms with Gasteiger partial charge in [0.15, 0.2) is 29.7 Å². The van der Waals surface area contributed by atoms with E-state index >= 15 is 0 Å². The van der Waals surface area contributed by atoms with Gasteiger partial charge in [-0.25, -0.2) is 0 Å². The molecule has 1 saturated heterocycles. The molecule has 30 heavy (non-hydrogen) atoms. The van der Waals surface area contributed by atoms with Crippen molar-refractivity contribution in [1.29, 1.82) is 0 Å². The Balaban J connectivity index is 3.17. The third-order valence-corrected chi connectivity index (χ3v) is 4.40. The van der Waals surface area contributed by atoms with Crippen LogP contribution in [0.2, 0.25) is 0 Å². The summed E-state index contributed by atoms with van der Waals surface area (Å²) in [6, 6.07) is 0. The molecule has 0 unspecified atom stereocenters. The van der Waals surface area contributed by atoms with E-state index in [0.717, 1.165) is 32.5 Å². The van der Waals surface area contributed by atoms with Crippen molar-refractivity contribution in [1.82, 2.24) is 0 Å². The number of carbonyl (C=O) groups is 5. The molecule has 1 heterocycles. The third-order valence-electron chi connectivity index (χ3n) is 3.62. The molecule has 0 amide bonds. The van der Waals surface area contributed by atoms with Crippen LogP contribution < -0.4 is 0 Å². The number of ether oxygens (including phenoxy) is 6. The standard InChI is InChI=1S/C18H26O11S/c1-9(19)25-8-14-15(26-10(2)20)16(27-11(3)21)17(28-12(4)22)18(29-14)24-6-7-30-13(5)23/h14-18H,6-8H2,1-5H3/t14-,15-,16+,17+,18+/m1/s1. The minimum atomic E-state index is -1.28. The van der Waals surface area contributed by atoms with Crippen LogP contribution in [0.25, 0.3) is 0 Å². The van der Waals surface area contributed by atoms with Crippen molar-refractivity contribution in [3.63, 3.8) is 0 Å². The fourth-order valence-electron chi connectivity index (χ4n) is 2.67. The molecule has 170 valence electrons. The van der Waals surface area contributed by atoms with E-state index in [-0.39, 0.29) is 18.3 Å². The van der Waals surface area contributed by atoms with E-state index in [1.54, 1.807) is 0 Å². The van der Waals surface area contributed by atoms with Crippen molar-refractivity contribution < 1.29 is 52.4 Å². The van der Waals surface area contributed by atoms with Crippen LogP contribution in [0, 0.1) is 0 Å². The van der Waals surface area contributed by atoms with Gasteiger partial charge < -0.3 is 28.4 Å². The molecule has 0 aromatic heterocycles. The van der Waals surface area contributed by atoms with Crippen molar-refractivity contribution in [3.8, 4) is 0 Å². The van der Waals surface area contributed by atoms with Gasteiger partial charge in [0.1, 0.15) is 12.7 Å². The van der Waals surface area contributed by atoms with Crippen molar-refractivity contribution in [2.75, 3.05) is 19.0 Å². The summed E-state index contributed by atoms with van der Waals surface area (Å²) in [4.78, 5) is 57.2. The topological polar surface area (TPSA) is 141 Å². The number of hydrogen-bond donors (Lipinski definition) is 0. The first kappa shape index (κ1) is 25.9. The predicted octanol–water partition coefficient (Wildman–Crippen LogP) is 0.366. The molecule has 11 nitrogen and oxygen atoms in total. The highest BCUT2D eigenvalue weighted by molar-refractivity contribution is 8.13. The Kier molecular flexibility index (Phi) is 10.8. The average Bonchev–Trinajstić information content (AvgIpc) is 2.60. The Morgan fingerprint density at radius 2 is 1.30 bits per heavy atom. The van der Waals surface area contributed by atoms with E-state index in [1.165, 1.54) is 13.8 Å². The minimum Gasteiger partial charge on any atom is -0.463 e. The summed E-state index contributed by atoms with van der Waals surface area (Å²) in [5.74, 6) is -2.47. The van der Waals surface area contributed by atoms with Gasteiger partial charge in [-0.15, -0.1) is 0 Å². The zero-order chi connectivity index (χ0) is 22.8. The average molecular weight is 450 g/mol. The maximum Gasteiger partial charge on any atom is 0.303 e. The fraction of sp³-hybridized carbons (Fsp3) is 0.722. The van der Waals surface area contributed by atoms with E-state index in [4.69, 9.17) is 28.4 Å². The Morgan fingerprint density at radius 1 is 0.767 bits per heavy atom. The first-order valence-corrected chi connectivity index (χ1v) is 10.0. The zero-order valence-corrected chi connectivity index (χ0v) is 18.2. The maximum atomic E-state index is 11.7. The van der Waals surface area contributed by atoms with Crippen LogP contribution in [0.15, 0.2) is 0 Å². The lowest BCUT2D eigenvalue weighted by molar-refractivity contribution is -0.307. The second-order valence-corrected chi connectivity index (χ2v) is 7.55.